The van der Waals surface area contributed by atoms with Gasteiger partial charge in [0, 0.05) is 43.3 Å². The zero-order valence-corrected chi connectivity index (χ0v) is 37.4. The summed E-state index contributed by atoms with van der Waals surface area (Å²) < 4.78 is 75.2. The number of nitrogens with zero attached hydrogens (tertiary/aromatic N) is 3. The van der Waals surface area contributed by atoms with Crippen LogP contribution in [0.5, 0.6) is 11.6 Å². The molecule has 1 saturated heterocycles. The van der Waals surface area contributed by atoms with Crippen LogP contribution in [0, 0.1) is 17.8 Å². The zero-order chi connectivity index (χ0) is 45.0. The van der Waals surface area contributed by atoms with Crippen molar-refractivity contribution in [1.82, 2.24) is 25.2 Å². The number of pyridine rings is 1. The Kier molecular flexibility index (Phi) is 12.2. The van der Waals surface area contributed by atoms with E-state index < -0.39 is 85.7 Å². The van der Waals surface area contributed by atoms with Gasteiger partial charge in [-0.1, -0.05) is 39.3 Å². The Morgan fingerprint density at radius 2 is 1.84 bits per heavy atom. The molecule has 1 aromatic carbocycles. The molecule has 2 aromatic rings. The lowest BCUT2D eigenvalue weighted by molar-refractivity contribution is -0.152. The first kappa shape index (κ1) is 45.3. The third kappa shape index (κ3) is 8.64. The molecule has 15 nitrogen and oxygen atoms in total. The molecule has 7 atom stereocenters. The summed E-state index contributed by atoms with van der Waals surface area (Å²) in [6.45, 7) is 9.49. The van der Waals surface area contributed by atoms with Crippen LogP contribution in [0.1, 0.15) is 99.3 Å². The molecule has 7 rings (SSSR count). The first-order valence-corrected chi connectivity index (χ1v) is 23.3. The second-order valence-corrected chi connectivity index (χ2v) is 20.6. The van der Waals surface area contributed by atoms with Crippen LogP contribution in [0.2, 0.25) is 0 Å². The minimum absolute atomic E-state index is 0.0256. The van der Waals surface area contributed by atoms with Gasteiger partial charge in [0.05, 0.1) is 23.5 Å². The van der Waals surface area contributed by atoms with Crippen LogP contribution in [0.15, 0.2) is 36.5 Å². The molecular formula is C44H60F2N6O9S. The number of alkyl halides is 2. The summed E-state index contributed by atoms with van der Waals surface area (Å²) >= 11 is 0. The highest BCUT2D eigenvalue weighted by molar-refractivity contribution is 7.91. The summed E-state index contributed by atoms with van der Waals surface area (Å²) in [5.74, 6) is -5.72. The molecule has 2 saturated carbocycles. The fourth-order valence-electron chi connectivity index (χ4n) is 9.08. The number of likely N-dealkylation sites (N-methyl/N-ethyl adjacent to an activating group) is 1. The fourth-order valence-corrected chi connectivity index (χ4v) is 10.7. The third-order valence-electron chi connectivity index (χ3n) is 13.9. The van der Waals surface area contributed by atoms with Crippen molar-refractivity contribution in [1.29, 1.82) is 0 Å². The van der Waals surface area contributed by atoms with Gasteiger partial charge < -0.3 is 34.6 Å². The Bertz CT molecular complexity index is 2230. The van der Waals surface area contributed by atoms with Gasteiger partial charge in [-0.25, -0.2) is 27.0 Å². The number of allylic oxidation sites excluding steroid dienone is 1. The van der Waals surface area contributed by atoms with Crippen LogP contribution >= 0.6 is 0 Å². The second kappa shape index (κ2) is 16.8. The number of amides is 4. The van der Waals surface area contributed by atoms with Gasteiger partial charge in [0.2, 0.25) is 27.7 Å². The van der Waals surface area contributed by atoms with E-state index in [1.807, 2.05) is 51.2 Å². The highest BCUT2D eigenvalue weighted by Crippen LogP contribution is 2.49. The van der Waals surface area contributed by atoms with Crippen molar-refractivity contribution in [3.8, 4) is 11.6 Å². The van der Waals surface area contributed by atoms with E-state index in [9.17, 15) is 31.6 Å². The average molecular weight is 887 g/mol. The predicted molar refractivity (Wildman–Crippen MR) is 227 cm³/mol. The van der Waals surface area contributed by atoms with E-state index in [1.165, 1.54) is 4.90 Å². The number of carbonyl (C=O) groups excluding carboxylic acids is 4. The van der Waals surface area contributed by atoms with Crippen molar-refractivity contribution in [3.05, 3.63) is 36.5 Å². The largest absolute Gasteiger partial charge is 0.489 e. The highest BCUT2D eigenvalue weighted by Gasteiger charge is 2.63. The molecule has 1 aromatic heterocycles. The Labute approximate surface area is 362 Å². The number of rotatable bonds is 10. The molecule has 62 heavy (non-hydrogen) atoms. The lowest BCUT2D eigenvalue weighted by Gasteiger charge is -2.35. The maximum Gasteiger partial charge on any atom is 0.408 e. The van der Waals surface area contributed by atoms with Gasteiger partial charge in [-0.3, -0.25) is 19.1 Å². The predicted octanol–water partition coefficient (Wildman–Crippen LogP) is 5.61. The number of anilines is 1. The highest BCUT2D eigenvalue weighted by atomic mass is 32.2. The number of hydrogen-bond donors (Lipinski definition) is 3. The maximum absolute atomic E-state index is 15.1. The number of halogens is 2. The molecule has 2 aliphatic carbocycles. The molecule has 0 unspecified atom stereocenters. The minimum atomic E-state index is -4.07. The Morgan fingerprint density at radius 3 is 2.52 bits per heavy atom. The average Bonchev–Trinajstić information content (AvgIpc) is 4.11. The summed E-state index contributed by atoms with van der Waals surface area (Å²) in [7, 11) is -2.10. The van der Waals surface area contributed by atoms with Crippen molar-refractivity contribution in [2.45, 2.75) is 139 Å². The van der Waals surface area contributed by atoms with Gasteiger partial charge in [0.1, 0.15) is 30.3 Å². The standard InChI is InChI=1S/C44H60F2N6O9S/c1-8-27-22-26(3)12-10-11-13-28-24-44(28,39(55)50-62(57,58)43(9-2)17-18-43)49-36(53)33-23-29(25-52(33)38(54)34(27)48-40(56)61-41(4,5)42(6,45)46)60-37-31-14-15-32-35(30(31)16-19-47-37)59-21-20-51(32)7/h11,13-16,19,26-29,33-34H,8-10,12,17-18,20-25H2,1-7H3,(H,48,56)(H,49,53)(H,50,55)/b13-11-/t26-,27-,28-,29-,33+,34+,44-/m1/s1. The molecule has 340 valence electrons. The third-order valence-corrected chi connectivity index (χ3v) is 16.2. The molecule has 4 heterocycles. The van der Waals surface area contributed by atoms with Crippen LogP contribution in [0.3, 0.4) is 0 Å². The Hall–Kier alpha value is -4.74. The van der Waals surface area contributed by atoms with Crippen LogP contribution in [-0.4, -0.2) is 109 Å². The Balaban J connectivity index is 1.24. The number of nitrogens with one attached hydrogen (secondary N) is 3. The summed E-state index contributed by atoms with van der Waals surface area (Å²) in [6.07, 6.45) is 6.69. The number of benzene rings is 1. The Morgan fingerprint density at radius 1 is 1.10 bits per heavy atom. The van der Waals surface area contributed by atoms with Gasteiger partial charge in [-0.05, 0) is 88.8 Å². The fraction of sp³-hybridized carbons (Fsp3) is 0.659. The molecule has 3 aliphatic heterocycles. The number of sulfonamides is 1. The van der Waals surface area contributed by atoms with E-state index in [-0.39, 0.29) is 31.2 Å². The van der Waals surface area contributed by atoms with Gasteiger partial charge in [0.15, 0.2) is 11.4 Å². The first-order chi connectivity index (χ1) is 29.2. The SMILES string of the molecule is CC[C@@H]1C[C@H](C)CC/C=C\[C@@H]2C[C@@]2(C(=O)NS(=O)(=O)C2(CC)CC2)NC(=O)[C@@H]2C[C@@H](Oc3nccc4c5c(ccc34)N(C)CCO5)CN2C(=O)[C@H]1NC(=O)OC(C)(C)C(C)(F)F. The summed E-state index contributed by atoms with van der Waals surface area (Å²) in [5.41, 5.74) is -2.93. The van der Waals surface area contributed by atoms with Gasteiger partial charge in [-0.2, -0.15) is 0 Å². The number of aromatic nitrogens is 1. The normalized spacial score (nSPS) is 29.4. The van der Waals surface area contributed by atoms with Crippen LogP contribution in [0.25, 0.3) is 10.8 Å². The topological polar surface area (TPSA) is 186 Å². The first-order valence-electron chi connectivity index (χ1n) is 21.8. The lowest BCUT2D eigenvalue weighted by atomic mass is 9.85. The van der Waals surface area contributed by atoms with Crippen molar-refractivity contribution in [2.75, 3.05) is 31.6 Å². The van der Waals surface area contributed by atoms with E-state index >= 15 is 4.79 Å². The number of fused-ring (bicyclic) bond motifs is 5. The van der Waals surface area contributed by atoms with Crippen LogP contribution < -0.4 is 29.7 Å². The lowest BCUT2D eigenvalue weighted by Crippen LogP contribution is -2.60. The van der Waals surface area contributed by atoms with Gasteiger partial charge in [0.25, 0.3) is 11.8 Å². The zero-order valence-electron chi connectivity index (χ0n) is 36.6. The van der Waals surface area contributed by atoms with Crippen LogP contribution in [0.4, 0.5) is 19.3 Å². The molecule has 3 N–H and O–H groups in total. The van der Waals surface area contributed by atoms with E-state index in [4.69, 9.17) is 14.2 Å². The molecule has 3 fully saturated rings. The molecule has 0 radical (unpaired) electrons. The van der Waals surface area contributed by atoms with Crippen molar-refractivity contribution < 1.29 is 50.6 Å². The summed E-state index contributed by atoms with van der Waals surface area (Å²) in [4.78, 5) is 65.4. The van der Waals surface area contributed by atoms with Gasteiger partial charge >= 0.3 is 6.09 Å². The molecule has 5 aliphatic rings. The molecule has 0 bridgehead atoms. The summed E-state index contributed by atoms with van der Waals surface area (Å²) in [5, 5.41) is 6.91. The molecule has 4 amide bonds. The molecular weight excluding hydrogens is 827 g/mol. The second-order valence-electron chi connectivity index (χ2n) is 18.5. The maximum atomic E-state index is 15.1. The van der Waals surface area contributed by atoms with E-state index in [2.05, 4.69) is 25.2 Å². The van der Waals surface area contributed by atoms with Crippen molar-refractivity contribution in [2.24, 2.45) is 17.8 Å². The van der Waals surface area contributed by atoms with E-state index in [0.717, 1.165) is 24.9 Å². The van der Waals surface area contributed by atoms with Gasteiger partial charge in [-0.15, -0.1) is 0 Å². The smallest absolute Gasteiger partial charge is 0.408 e. The minimum Gasteiger partial charge on any atom is -0.489 e. The molecule has 0 spiro atoms. The monoisotopic (exact) mass is 886 g/mol. The molecule has 18 heteroatoms. The van der Waals surface area contributed by atoms with E-state index in [1.54, 1.807) is 13.1 Å². The number of ether oxygens (including phenoxy) is 3. The number of hydrogen-bond acceptors (Lipinski definition) is 11. The van der Waals surface area contributed by atoms with Crippen LogP contribution in [-0.2, 0) is 29.1 Å². The summed E-state index contributed by atoms with van der Waals surface area (Å²) in [6, 6.07) is 3.04. The number of carbonyl (C=O) groups is 4. The van der Waals surface area contributed by atoms with E-state index in [0.29, 0.717) is 76.2 Å². The van der Waals surface area contributed by atoms with Crippen molar-refractivity contribution in [3.63, 3.8) is 0 Å². The quantitative estimate of drug-likeness (QED) is 0.252. The van der Waals surface area contributed by atoms with Crippen molar-refractivity contribution >= 4 is 50.3 Å². The number of alkyl carbamates (subject to hydrolysis) is 1.